The predicted octanol–water partition coefficient (Wildman–Crippen LogP) is -1.47. The van der Waals surface area contributed by atoms with Crippen molar-refractivity contribution in [3.63, 3.8) is 0 Å². The van der Waals surface area contributed by atoms with Gasteiger partial charge in [-0.3, -0.25) is 9.59 Å². The lowest BCUT2D eigenvalue weighted by Crippen LogP contribution is -2.51. The molecule has 1 saturated heterocycles. The lowest BCUT2D eigenvalue weighted by atomic mass is 10.0. The largest absolute Gasteiger partial charge is 0.480 e. The lowest BCUT2D eigenvalue weighted by Gasteiger charge is -2.32. The monoisotopic (exact) mass is 243 g/mol. The van der Waals surface area contributed by atoms with Crippen molar-refractivity contribution in [2.24, 2.45) is 5.73 Å². The molecule has 0 aromatic carbocycles. The Hall–Kier alpha value is -1.63. The standard InChI is InChI=1S/C10H17N3O4/c11-5-8(14)12-6-9(15)13-4-2-1-3-7(13)10(16)17/h7H,1-6,11H2,(H,12,14)(H,16,17). The Morgan fingerprint density at radius 3 is 2.65 bits per heavy atom. The van der Waals surface area contributed by atoms with Crippen LogP contribution in [0, 0.1) is 0 Å². The van der Waals surface area contributed by atoms with Crippen molar-refractivity contribution in [1.29, 1.82) is 0 Å². The molecule has 0 radical (unpaired) electrons. The molecule has 1 aliphatic rings. The van der Waals surface area contributed by atoms with Gasteiger partial charge in [-0.15, -0.1) is 0 Å². The molecule has 1 fully saturated rings. The summed E-state index contributed by atoms with van der Waals surface area (Å²) in [6, 6.07) is -0.772. The van der Waals surface area contributed by atoms with E-state index in [9.17, 15) is 14.4 Å². The summed E-state index contributed by atoms with van der Waals surface area (Å²) >= 11 is 0. The number of nitrogens with zero attached hydrogens (tertiary/aromatic N) is 1. The van der Waals surface area contributed by atoms with E-state index in [1.54, 1.807) is 0 Å². The van der Waals surface area contributed by atoms with Crippen LogP contribution in [0.5, 0.6) is 0 Å². The summed E-state index contributed by atoms with van der Waals surface area (Å²) in [6.45, 7) is 0.0454. The van der Waals surface area contributed by atoms with E-state index in [1.807, 2.05) is 0 Å². The summed E-state index contributed by atoms with van der Waals surface area (Å²) < 4.78 is 0. The van der Waals surface area contributed by atoms with Gasteiger partial charge >= 0.3 is 5.97 Å². The first-order valence-corrected chi connectivity index (χ1v) is 5.55. The first-order valence-electron chi connectivity index (χ1n) is 5.55. The summed E-state index contributed by atoms with van der Waals surface area (Å²) in [6.07, 6.45) is 2.06. The van der Waals surface area contributed by atoms with Crippen LogP contribution in [-0.4, -0.2) is 53.5 Å². The van der Waals surface area contributed by atoms with E-state index in [0.717, 1.165) is 12.8 Å². The third kappa shape index (κ3) is 3.70. The van der Waals surface area contributed by atoms with E-state index < -0.39 is 17.9 Å². The smallest absolute Gasteiger partial charge is 0.326 e. The maximum atomic E-state index is 11.7. The molecule has 1 unspecified atom stereocenters. The van der Waals surface area contributed by atoms with Crippen molar-refractivity contribution in [3.8, 4) is 0 Å². The summed E-state index contributed by atoms with van der Waals surface area (Å²) in [5.74, 6) is -1.80. The van der Waals surface area contributed by atoms with E-state index >= 15 is 0 Å². The average Bonchev–Trinajstić information content (AvgIpc) is 2.35. The molecule has 0 spiro atoms. The molecule has 96 valence electrons. The zero-order chi connectivity index (χ0) is 12.8. The summed E-state index contributed by atoms with van der Waals surface area (Å²) in [7, 11) is 0. The number of amides is 2. The van der Waals surface area contributed by atoms with Gasteiger partial charge < -0.3 is 21.1 Å². The Morgan fingerprint density at radius 2 is 2.06 bits per heavy atom. The topological polar surface area (TPSA) is 113 Å². The highest BCUT2D eigenvalue weighted by Crippen LogP contribution is 2.17. The van der Waals surface area contributed by atoms with Crippen LogP contribution in [0.15, 0.2) is 0 Å². The molecule has 0 aliphatic carbocycles. The van der Waals surface area contributed by atoms with Gasteiger partial charge in [0.1, 0.15) is 6.04 Å². The van der Waals surface area contributed by atoms with Crippen LogP contribution < -0.4 is 11.1 Å². The van der Waals surface area contributed by atoms with E-state index in [4.69, 9.17) is 10.8 Å². The highest BCUT2D eigenvalue weighted by Gasteiger charge is 2.31. The van der Waals surface area contributed by atoms with E-state index in [-0.39, 0.29) is 19.0 Å². The average molecular weight is 243 g/mol. The van der Waals surface area contributed by atoms with Gasteiger partial charge in [-0.1, -0.05) is 0 Å². The maximum absolute atomic E-state index is 11.7. The number of aliphatic carboxylic acids is 1. The van der Waals surface area contributed by atoms with E-state index in [0.29, 0.717) is 13.0 Å². The molecular formula is C10H17N3O4. The van der Waals surface area contributed by atoms with Crippen LogP contribution in [0.3, 0.4) is 0 Å². The minimum atomic E-state index is -0.997. The van der Waals surface area contributed by atoms with Crippen molar-refractivity contribution < 1.29 is 19.5 Å². The zero-order valence-corrected chi connectivity index (χ0v) is 9.52. The fourth-order valence-electron chi connectivity index (χ4n) is 1.83. The van der Waals surface area contributed by atoms with Gasteiger partial charge in [0.2, 0.25) is 11.8 Å². The molecule has 0 saturated carbocycles. The Bertz CT molecular complexity index is 319. The van der Waals surface area contributed by atoms with Gasteiger partial charge in [0.05, 0.1) is 13.1 Å². The molecule has 4 N–H and O–H groups in total. The van der Waals surface area contributed by atoms with Gasteiger partial charge in [0.25, 0.3) is 0 Å². The molecule has 7 heteroatoms. The number of hydrogen-bond donors (Lipinski definition) is 3. The van der Waals surface area contributed by atoms with E-state index in [2.05, 4.69) is 5.32 Å². The van der Waals surface area contributed by atoms with Gasteiger partial charge in [0.15, 0.2) is 0 Å². The van der Waals surface area contributed by atoms with Crippen molar-refractivity contribution in [3.05, 3.63) is 0 Å². The molecule has 2 amide bonds. The molecule has 0 aromatic heterocycles. The third-order valence-corrected chi connectivity index (χ3v) is 2.73. The maximum Gasteiger partial charge on any atom is 0.326 e. The Labute approximate surface area is 98.9 Å². The van der Waals surface area contributed by atoms with Crippen molar-refractivity contribution in [2.45, 2.75) is 25.3 Å². The number of carbonyl (C=O) groups is 3. The molecule has 7 nitrogen and oxygen atoms in total. The number of carboxylic acid groups (broad SMARTS) is 1. The second-order valence-electron chi connectivity index (χ2n) is 3.92. The number of likely N-dealkylation sites (tertiary alicyclic amines) is 1. The molecule has 17 heavy (non-hydrogen) atoms. The Kier molecular flexibility index (Phi) is 4.89. The molecule has 1 aliphatic heterocycles. The molecule has 1 atom stereocenters. The molecule has 0 bridgehead atoms. The zero-order valence-electron chi connectivity index (χ0n) is 9.52. The van der Waals surface area contributed by atoms with Crippen LogP contribution in [0.4, 0.5) is 0 Å². The first-order chi connectivity index (χ1) is 8.06. The fourth-order valence-corrected chi connectivity index (χ4v) is 1.83. The second-order valence-corrected chi connectivity index (χ2v) is 3.92. The van der Waals surface area contributed by atoms with Crippen molar-refractivity contribution in [1.82, 2.24) is 10.2 Å². The molecular weight excluding hydrogens is 226 g/mol. The summed E-state index contributed by atoms with van der Waals surface area (Å²) in [4.78, 5) is 34.9. The number of piperidine rings is 1. The number of rotatable bonds is 4. The minimum absolute atomic E-state index is 0.185. The quantitative estimate of drug-likeness (QED) is 0.557. The second kappa shape index (κ2) is 6.19. The van der Waals surface area contributed by atoms with Crippen LogP contribution in [0.1, 0.15) is 19.3 Å². The lowest BCUT2D eigenvalue weighted by molar-refractivity contribution is -0.151. The highest BCUT2D eigenvalue weighted by molar-refractivity contribution is 5.88. The van der Waals surface area contributed by atoms with Gasteiger partial charge in [-0.25, -0.2) is 4.79 Å². The minimum Gasteiger partial charge on any atom is -0.480 e. The van der Waals surface area contributed by atoms with Crippen LogP contribution in [0.2, 0.25) is 0 Å². The summed E-state index contributed by atoms with van der Waals surface area (Å²) in [5.41, 5.74) is 5.08. The summed E-state index contributed by atoms with van der Waals surface area (Å²) in [5, 5.41) is 11.3. The van der Waals surface area contributed by atoms with Gasteiger partial charge in [0, 0.05) is 6.54 Å². The predicted molar refractivity (Wildman–Crippen MR) is 59.1 cm³/mol. The molecule has 1 rings (SSSR count). The number of nitrogens with two attached hydrogens (primary N) is 1. The number of nitrogens with one attached hydrogen (secondary N) is 1. The Morgan fingerprint density at radius 1 is 1.35 bits per heavy atom. The third-order valence-electron chi connectivity index (χ3n) is 2.73. The van der Waals surface area contributed by atoms with E-state index in [1.165, 1.54) is 4.90 Å². The van der Waals surface area contributed by atoms with Crippen LogP contribution >= 0.6 is 0 Å². The molecule has 0 aromatic rings. The highest BCUT2D eigenvalue weighted by atomic mass is 16.4. The number of carboxylic acids is 1. The first kappa shape index (κ1) is 13.4. The number of hydrogen-bond acceptors (Lipinski definition) is 4. The van der Waals surface area contributed by atoms with Crippen LogP contribution in [-0.2, 0) is 14.4 Å². The van der Waals surface area contributed by atoms with Crippen molar-refractivity contribution >= 4 is 17.8 Å². The SMILES string of the molecule is NCC(=O)NCC(=O)N1CCCCC1C(=O)O. The van der Waals surface area contributed by atoms with Crippen molar-refractivity contribution in [2.75, 3.05) is 19.6 Å². The fraction of sp³-hybridized carbons (Fsp3) is 0.700. The molecule has 1 heterocycles. The van der Waals surface area contributed by atoms with Gasteiger partial charge in [-0.05, 0) is 19.3 Å². The normalized spacial score (nSPS) is 19.8. The number of carbonyl (C=O) groups excluding carboxylic acids is 2. The Balaban J connectivity index is 2.53. The van der Waals surface area contributed by atoms with Gasteiger partial charge in [-0.2, -0.15) is 0 Å². The van der Waals surface area contributed by atoms with Crippen LogP contribution in [0.25, 0.3) is 0 Å².